The molecule has 0 spiro atoms. The molecule has 0 aliphatic carbocycles. The van der Waals surface area contributed by atoms with E-state index in [2.05, 4.69) is 9.98 Å². The van der Waals surface area contributed by atoms with Gasteiger partial charge in [-0.3, -0.25) is 9.79 Å². The van der Waals surface area contributed by atoms with Crippen molar-refractivity contribution in [3.63, 3.8) is 0 Å². The Labute approximate surface area is 157 Å². The van der Waals surface area contributed by atoms with Crippen molar-refractivity contribution in [2.75, 3.05) is 0 Å². The van der Waals surface area contributed by atoms with Crippen LogP contribution in [0.25, 0.3) is 0 Å². The molecule has 0 fully saturated rings. The van der Waals surface area contributed by atoms with Crippen LogP contribution in [0.3, 0.4) is 0 Å². The summed E-state index contributed by atoms with van der Waals surface area (Å²) in [6, 6.07) is 16.0. The summed E-state index contributed by atoms with van der Waals surface area (Å²) in [6.45, 7) is 0. The Morgan fingerprint density at radius 2 is 1.17 bits per heavy atom. The van der Waals surface area contributed by atoms with Crippen molar-refractivity contribution >= 4 is 17.8 Å². The minimum absolute atomic E-state index is 0. The van der Waals surface area contributed by atoms with Gasteiger partial charge in [0.05, 0.1) is 6.02 Å². The van der Waals surface area contributed by atoms with Gasteiger partial charge in [0.15, 0.2) is 0 Å². The second-order valence-corrected chi connectivity index (χ2v) is 4.60. The molecule has 7 heteroatoms. The molecule has 0 bridgehead atoms. The molecule has 1 amide bonds. The van der Waals surface area contributed by atoms with Gasteiger partial charge in [-0.1, -0.05) is 60.7 Å². The summed E-state index contributed by atoms with van der Waals surface area (Å²) >= 11 is 0. The third-order valence-corrected chi connectivity index (χ3v) is 3.45. The summed E-state index contributed by atoms with van der Waals surface area (Å²) in [7, 11) is 0. The van der Waals surface area contributed by atoms with Gasteiger partial charge in [-0.05, 0) is 17.0 Å². The zero-order valence-electron chi connectivity index (χ0n) is 12.9. The molecule has 1 heterocycles. The first kappa shape index (κ1) is 19.3. The Balaban J connectivity index is 0.00000132. The molecule has 0 atom stereocenters. The van der Waals surface area contributed by atoms with Crippen molar-refractivity contribution in [3.8, 4) is 0 Å². The molecule has 23 heavy (non-hydrogen) atoms. The maximum atomic E-state index is 12.5. The van der Waals surface area contributed by atoms with Gasteiger partial charge in [-0.2, -0.15) is 0 Å². The zero-order valence-corrected chi connectivity index (χ0v) is 12.9. The normalized spacial score (nSPS) is 15.6. The van der Waals surface area contributed by atoms with Gasteiger partial charge >= 0.3 is 37.7 Å². The second kappa shape index (κ2) is 7.68. The standard InChI is InChI=1S/C16H12N2O3.2Li/c19-13-16(11-7-3-1-4-8-11,12-9-5-2-6-10-12)14(20)18-15(21)17-13;;/h1-10H,(H2,17,18,19,20,21);;/q;2*+1/p-2. The topological polar surface area (TPSA) is 87.9 Å². The predicted molar refractivity (Wildman–Crippen MR) is 73.5 cm³/mol. The number of nitrogens with zero attached hydrogens (tertiary/aromatic N) is 2. The average molecular weight is 292 g/mol. The largest absolute Gasteiger partial charge is 1.00 e. The van der Waals surface area contributed by atoms with Gasteiger partial charge in [0.1, 0.15) is 5.41 Å². The monoisotopic (exact) mass is 292 g/mol. The number of aliphatic imine (C=N–C) groups is 2. The molecule has 5 nitrogen and oxygen atoms in total. The van der Waals surface area contributed by atoms with E-state index in [0.29, 0.717) is 11.1 Å². The van der Waals surface area contributed by atoms with E-state index in [1.54, 1.807) is 60.7 Å². The molecule has 0 unspecified atom stereocenters. The molecular weight excluding hydrogens is 282 g/mol. The quantitative estimate of drug-likeness (QED) is 0.516. The number of amides is 1. The van der Waals surface area contributed by atoms with E-state index < -0.39 is 23.2 Å². The predicted octanol–water partition coefficient (Wildman–Crippen LogP) is -6.00. The van der Waals surface area contributed by atoms with Crippen LogP contribution in [0.1, 0.15) is 11.1 Å². The van der Waals surface area contributed by atoms with Crippen LogP contribution in [0.2, 0.25) is 0 Å². The summed E-state index contributed by atoms with van der Waals surface area (Å²) in [5.41, 5.74) is -0.770. The first-order chi connectivity index (χ1) is 10.2. The minimum Gasteiger partial charge on any atom is -0.860 e. The van der Waals surface area contributed by atoms with E-state index in [4.69, 9.17) is 0 Å². The maximum Gasteiger partial charge on any atom is 1.00 e. The Hall–Kier alpha value is -1.76. The van der Waals surface area contributed by atoms with Crippen molar-refractivity contribution in [2.45, 2.75) is 5.41 Å². The second-order valence-electron chi connectivity index (χ2n) is 4.60. The SMILES string of the molecule is O=C1N=C([O-])N=C([O-])C1(c1ccccc1)c1ccccc1.[Li+].[Li+]. The number of hydrogen-bond acceptors (Lipinski definition) is 4. The van der Waals surface area contributed by atoms with Crippen LogP contribution in [-0.2, 0) is 10.2 Å². The third kappa shape index (κ3) is 3.15. The van der Waals surface area contributed by atoms with E-state index in [1.165, 1.54) is 0 Å². The average Bonchev–Trinajstić information content (AvgIpc) is 2.49. The van der Waals surface area contributed by atoms with E-state index >= 15 is 0 Å². The number of carbonyl (C=O) groups excluding carboxylic acids is 1. The number of carbonyl (C=O) groups is 1. The minimum atomic E-state index is -1.67. The van der Waals surface area contributed by atoms with Crippen molar-refractivity contribution in [1.82, 2.24) is 0 Å². The number of benzene rings is 2. The summed E-state index contributed by atoms with van der Waals surface area (Å²) in [5, 5.41) is 23.7. The number of hydrogen-bond donors (Lipinski definition) is 0. The van der Waals surface area contributed by atoms with Gasteiger partial charge < -0.3 is 10.2 Å². The molecule has 1 aliphatic heterocycles. The number of rotatable bonds is 2. The maximum absolute atomic E-state index is 12.5. The fourth-order valence-electron chi connectivity index (χ4n) is 2.49. The molecule has 0 N–H and O–H groups in total. The fraction of sp³-hybridized carbons (Fsp3) is 0.0625. The summed E-state index contributed by atoms with van der Waals surface area (Å²) in [5.74, 6) is -1.60. The zero-order chi connectivity index (χ0) is 14.9. The molecule has 0 saturated carbocycles. The van der Waals surface area contributed by atoms with Gasteiger partial charge in [0, 0.05) is 0 Å². The van der Waals surface area contributed by atoms with Crippen LogP contribution in [0.5, 0.6) is 0 Å². The van der Waals surface area contributed by atoms with Crippen molar-refractivity contribution < 1.29 is 52.7 Å². The fourth-order valence-corrected chi connectivity index (χ4v) is 2.49. The van der Waals surface area contributed by atoms with Crippen molar-refractivity contribution in [2.24, 2.45) is 9.98 Å². The van der Waals surface area contributed by atoms with E-state index in [9.17, 15) is 15.0 Å². The Morgan fingerprint density at radius 1 is 0.739 bits per heavy atom. The van der Waals surface area contributed by atoms with E-state index in [-0.39, 0.29) is 37.7 Å². The number of amidine groups is 1. The summed E-state index contributed by atoms with van der Waals surface area (Å²) in [6.07, 6.45) is 0. The molecule has 1 aliphatic rings. The molecule has 2 aromatic rings. The summed E-state index contributed by atoms with van der Waals surface area (Å²) in [4.78, 5) is 19.2. The van der Waals surface area contributed by atoms with E-state index in [0.717, 1.165) is 0 Å². The van der Waals surface area contributed by atoms with Crippen LogP contribution in [-0.4, -0.2) is 17.8 Å². The Bertz CT molecular complexity index is 707. The first-order valence-corrected chi connectivity index (χ1v) is 6.33. The third-order valence-electron chi connectivity index (χ3n) is 3.45. The van der Waals surface area contributed by atoms with Crippen LogP contribution in [0, 0.1) is 0 Å². The van der Waals surface area contributed by atoms with Crippen LogP contribution in [0.4, 0.5) is 0 Å². The molecule has 104 valence electrons. The van der Waals surface area contributed by atoms with E-state index in [1.807, 2.05) is 0 Å². The first-order valence-electron chi connectivity index (χ1n) is 6.33. The van der Waals surface area contributed by atoms with Crippen LogP contribution in [0.15, 0.2) is 70.6 Å². The molecule has 0 saturated heterocycles. The molecule has 3 rings (SSSR count). The Kier molecular flexibility index (Phi) is 6.44. The Morgan fingerprint density at radius 3 is 1.57 bits per heavy atom. The molecule has 0 radical (unpaired) electrons. The molecule has 2 aromatic carbocycles. The van der Waals surface area contributed by atoms with Gasteiger partial charge in [0.25, 0.3) is 5.91 Å². The van der Waals surface area contributed by atoms with Crippen LogP contribution >= 0.6 is 0 Å². The van der Waals surface area contributed by atoms with Crippen molar-refractivity contribution in [3.05, 3.63) is 71.8 Å². The smallest absolute Gasteiger partial charge is 0.860 e. The van der Waals surface area contributed by atoms with Gasteiger partial charge in [-0.25, -0.2) is 4.99 Å². The molecule has 0 aromatic heterocycles. The van der Waals surface area contributed by atoms with Gasteiger partial charge in [-0.15, -0.1) is 0 Å². The van der Waals surface area contributed by atoms with Gasteiger partial charge in [0.2, 0.25) is 0 Å². The van der Waals surface area contributed by atoms with Crippen LogP contribution < -0.4 is 47.9 Å². The van der Waals surface area contributed by atoms with Crippen molar-refractivity contribution in [1.29, 1.82) is 0 Å². The molecular formula is C16H10Li2N2O3. The summed E-state index contributed by atoms with van der Waals surface area (Å²) < 4.78 is 0.